The molecule has 1 atom stereocenters. The quantitative estimate of drug-likeness (QED) is 0.624. The number of imidazole rings is 1. The number of rotatable bonds is 7. The molecular formula is C21H21ClN4O3. The predicted octanol–water partition coefficient (Wildman–Crippen LogP) is 2.72. The number of amides is 2. The van der Waals surface area contributed by atoms with Gasteiger partial charge >= 0.3 is 0 Å². The maximum atomic E-state index is 12.5. The number of hydrogen-bond acceptors (Lipinski definition) is 4. The molecule has 2 aromatic carbocycles. The average molecular weight is 413 g/mol. The second-order valence-electron chi connectivity index (χ2n) is 6.36. The number of halogens is 1. The lowest BCUT2D eigenvalue weighted by Crippen LogP contribution is -2.39. The Hall–Kier alpha value is -3.32. The van der Waals surface area contributed by atoms with Crippen LogP contribution in [0.2, 0.25) is 5.02 Å². The van der Waals surface area contributed by atoms with E-state index in [1.165, 1.54) is 0 Å². The molecule has 0 spiro atoms. The Labute approximate surface area is 173 Å². The van der Waals surface area contributed by atoms with Crippen molar-refractivity contribution in [3.63, 3.8) is 0 Å². The second-order valence-corrected chi connectivity index (χ2v) is 6.80. The van der Waals surface area contributed by atoms with Gasteiger partial charge in [0.1, 0.15) is 17.6 Å². The number of benzene rings is 2. The third kappa shape index (κ3) is 5.14. The van der Waals surface area contributed by atoms with Gasteiger partial charge in [-0.2, -0.15) is 0 Å². The van der Waals surface area contributed by atoms with E-state index >= 15 is 0 Å². The summed E-state index contributed by atoms with van der Waals surface area (Å²) in [5.41, 5.74) is 1.27. The van der Waals surface area contributed by atoms with Crippen LogP contribution in [0.1, 0.15) is 27.8 Å². The molecule has 0 aliphatic rings. The van der Waals surface area contributed by atoms with Gasteiger partial charge in [0.2, 0.25) is 5.91 Å². The Morgan fingerprint density at radius 2 is 1.83 bits per heavy atom. The molecule has 29 heavy (non-hydrogen) atoms. The summed E-state index contributed by atoms with van der Waals surface area (Å²) >= 11 is 5.98. The van der Waals surface area contributed by atoms with Crippen LogP contribution in [0, 0.1) is 0 Å². The minimum Gasteiger partial charge on any atom is -0.497 e. The van der Waals surface area contributed by atoms with E-state index in [1.54, 1.807) is 55.9 Å². The smallest absolute Gasteiger partial charge is 0.251 e. The van der Waals surface area contributed by atoms with E-state index in [0.29, 0.717) is 22.2 Å². The number of nitrogens with one attached hydrogen (secondary N) is 2. The predicted molar refractivity (Wildman–Crippen MR) is 110 cm³/mol. The van der Waals surface area contributed by atoms with Gasteiger partial charge in [0, 0.05) is 30.0 Å². The average Bonchev–Trinajstić information content (AvgIpc) is 3.16. The van der Waals surface area contributed by atoms with Gasteiger partial charge in [-0.15, -0.1) is 0 Å². The van der Waals surface area contributed by atoms with Crippen LogP contribution in [0.15, 0.2) is 60.9 Å². The van der Waals surface area contributed by atoms with Crippen molar-refractivity contribution >= 4 is 23.4 Å². The lowest BCUT2D eigenvalue weighted by atomic mass is 10.1. The van der Waals surface area contributed by atoms with Crippen molar-refractivity contribution in [1.82, 2.24) is 20.2 Å². The summed E-state index contributed by atoms with van der Waals surface area (Å²) in [6, 6.07) is 13.3. The topological polar surface area (TPSA) is 85.2 Å². The molecule has 1 aromatic heterocycles. The van der Waals surface area contributed by atoms with Crippen LogP contribution < -0.4 is 15.4 Å². The van der Waals surface area contributed by atoms with Gasteiger partial charge < -0.3 is 19.9 Å². The molecule has 0 bridgehead atoms. The highest BCUT2D eigenvalue weighted by atomic mass is 35.5. The zero-order valence-corrected chi connectivity index (χ0v) is 16.8. The maximum absolute atomic E-state index is 12.5. The third-order valence-corrected chi connectivity index (χ3v) is 4.64. The van der Waals surface area contributed by atoms with E-state index < -0.39 is 6.04 Å². The number of hydrogen-bond donors (Lipinski definition) is 2. The standard InChI is InChI=1S/C21H21ClN4O3/c1-26-12-11-23-20(26)19(14-3-7-16(22)8-4-14)25-18(27)13-24-21(28)15-5-9-17(29-2)10-6-15/h3-12,19H,13H2,1-2H3,(H,24,28)(H,25,27)/t19-/m0/s1. The molecule has 0 saturated carbocycles. The number of carbonyl (C=O) groups is 2. The lowest BCUT2D eigenvalue weighted by molar-refractivity contribution is -0.120. The first-order chi connectivity index (χ1) is 14.0. The second kappa shape index (κ2) is 9.25. The van der Waals surface area contributed by atoms with Gasteiger partial charge in [0.05, 0.1) is 13.7 Å². The molecule has 2 N–H and O–H groups in total. The molecule has 8 heteroatoms. The number of aryl methyl sites for hydroxylation is 1. The van der Waals surface area contributed by atoms with Crippen molar-refractivity contribution in [3.8, 4) is 5.75 Å². The van der Waals surface area contributed by atoms with Gasteiger partial charge in [0.25, 0.3) is 5.91 Å². The van der Waals surface area contributed by atoms with E-state index in [1.807, 2.05) is 23.7 Å². The largest absolute Gasteiger partial charge is 0.497 e. The van der Waals surface area contributed by atoms with Crippen molar-refractivity contribution in [2.75, 3.05) is 13.7 Å². The number of nitrogens with zero attached hydrogens (tertiary/aromatic N) is 2. The van der Waals surface area contributed by atoms with Gasteiger partial charge in [0.15, 0.2) is 0 Å². The molecule has 0 saturated heterocycles. The minimum atomic E-state index is -0.474. The summed E-state index contributed by atoms with van der Waals surface area (Å²) in [4.78, 5) is 29.1. The summed E-state index contributed by atoms with van der Waals surface area (Å²) in [7, 11) is 3.40. The molecule has 0 radical (unpaired) electrons. The molecule has 2 amide bonds. The van der Waals surface area contributed by atoms with Gasteiger partial charge in [-0.05, 0) is 42.0 Å². The highest BCUT2D eigenvalue weighted by Gasteiger charge is 2.21. The summed E-state index contributed by atoms with van der Waals surface area (Å²) in [5, 5.41) is 6.15. The Morgan fingerprint density at radius 3 is 2.41 bits per heavy atom. The molecule has 7 nitrogen and oxygen atoms in total. The summed E-state index contributed by atoms with van der Waals surface area (Å²) < 4.78 is 6.90. The molecule has 150 valence electrons. The Morgan fingerprint density at radius 1 is 1.14 bits per heavy atom. The van der Waals surface area contributed by atoms with Crippen molar-refractivity contribution in [1.29, 1.82) is 0 Å². The summed E-state index contributed by atoms with van der Waals surface area (Å²) in [6.07, 6.45) is 3.46. The first-order valence-electron chi connectivity index (χ1n) is 8.92. The van der Waals surface area contributed by atoms with E-state index in [0.717, 1.165) is 5.56 Å². The minimum absolute atomic E-state index is 0.167. The normalized spacial score (nSPS) is 11.6. The Balaban J connectivity index is 1.67. The van der Waals surface area contributed by atoms with E-state index in [9.17, 15) is 9.59 Å². The Kier molecular flexibility index (Phi) is 6.51. The first kappa shape index (κ1) is 20.4. The molecule has 3 aromatic rings. The van der Waals surface area contributed by atoms with Gasteiger partial charge in [-0.3, -0.25) is 9.59 Å². The molecule has 0 unspecified atom stereocenters. The summed E-state index contributed by atoms with van der Waals surface area (Å²) in [6.45, 7) is -0.167. The van der Waals surface area contributed by atoms with Crippen LogP contribution in [0.4, 0.5) is 0 Å². The van der Waals surface area contributed by atoms with E-state index in [2.05, 4.69) is 15.6 Å². The fourth-order valence-electron chi connectivity index (χ4n) is 2.82. The van der Waals surface area contributed by atoms with Gasteiger partial charge in [-0.25, -0.2) is 4.98 Å². The van der Waals surface area contributed by atoms with E-state index in [-0.39, 0.29) is 18.4 Å². The maximum Gasteiger partial charge on any atom is 0.251 e. The highest BCUT2D eigenvalue weighted by molar-refractivity contribution is 6.30. The molecular weight excluding hydrogens is 392 g/mol. The number of carbonyl (C=O) groups excluding carboxylic acids is 2. The number of methoxy groups -OCH3 is 1. The van der Waals surface area contributed by atoms with E-state index in [4.69, 9.17) is 16.3 Å². The molecule has 0 aliphatic carbocycles. The number of ether oxygens (including phenoxy) is 1. The fourth-order valence-corrected chi connectivity index (χ4v) is 2.95. The zero-order valence-electron chi connectivity index (χ0n) is 16.1. The Bertz CT molecular complexity index is 984. The van der Waals surface area contributed by atoms with Crippen LogP contribution in [-0.2, 0) is 11.8 Å². The van der Waals surface area contributed by atoms with Crippen LogP contribution in [0.3, 0.4) is 0 Å². The molecule has 0 fully saturated rings. The summed E-state index contributed by atoms with van der Waals surface area (Å²) in [5.74, 6) is 0.639. The fraction of sp³-hybridized carbons (Fsp3) is 0.190. The van der Waals surface area contributed by atoms with Crippen molar-refractivity contribution in [2.45, 2.75) is 6.04 Å². The lowest BCUT2D eigenvalue weighted by Gasteiger charge is -2.19. The number of aromatic nitrogens is 2. The molecule has 1 heterocycles. The van der Waals surface area contributed by atoms with Crippen molar-refractivity contribution in [2.24, 2.45) is 7.05 Å². The third-order valence-electron chi connectivity index (χ3n) is 4.39. The highest BCUT2D eigenvalue weighted by Crippen LogP contribution is 2.22. The van der Waals surface area contributed by atoms with Crippen molar-refractivity contribution in [3.05, 3.63) is 82.9 Å². The van der Waals surface area contributed by atoms with Crippen LogP contribution in [0.25, 0.3) is 0 Å². The monoisotopic (exact) mass is 412 g/mol. The first-order valence-corrected chi connectivity index (χ1v) is 9.30. The molecule has 3 rings (SSSR count). The van der Waals surface area contributed by atoms with Crippen LogP contribution >= 0.6 is 11.6 Å². The molecule has 0 aliphatic heterocycles. The van der Waals surface area contributed by atoms with Crippen LogP contribution in [0.5, 0.6) is 5.75 Å². The zero-order chi connectivity index (χ0) is 20.8. The van der Waals surface area contributed by atoms with Gasteiger partial charge in [-0.1, -0.05) is 23.7 Å². The SMILES string of the molecule is COc1ccc(C(=O)NCC(=O)N[C@@H](c2ccc(Cl)cc2)c2nccn2C)cc1. The van der Waals surface area contributed by atoms with Crippen molar-refractivity contribution < 1.29 is 14.3 Å². The van der Waals surface area contributed by atoms with Crippen LogP contribution in [-0.4, -0.2) is 35.0 Å².